The number of sulfonamides is 1. The van der Waals surface area contributed by atoms with Crippen LogP contribution in [-0.4, -0.2) is 20.9 Å². The second-order valence-corrected chi connectivity index (χ2v) is 6.68. The average molecular weight is 354 g/mol. The van der Waals surface area contributed by atoms with Crippen LogP contribution in [0.15, 0.2) is 47.4 Å². The number of halogens is 2. The van der Waals surface area contributed by atoms with E-state index in [0.29, 0.717) is 5.69 Å². The van der Waals surface area contributed by atoms with Crippen molar-refractivity contribution in [3.63, 3.8) is 0 Å². The van der Waals surface area contributed by atoms with Crippen LogP contribution >= 0.6 is 0 Å². The van der Waals surface area contributed by atoms with Gasteiger partial charge in [-0.2, -0.15) is 0 Å². The van der Waals surface area contributed by atoms with Crippen molar-refractivity contribution in [3.8, 4) is 0 Å². The minimum Gasteiger partial charge on any atom is -0.325 e. The molecule has 128 valence electrons. The normalized spacial score (nSPS) is 11.3. The second kappa shape index (κ2) is 7.50. The second-order valence-electron chi connectivity index (χ2n) is 4.98. The van der Waals surface area contributed by atoms with Gasteiger partial charge in [-0.1, -0.05) is 25.1 Å². The number of aryl methyl sites for hydroxylation is 1. The summed E-state index contributed by atoms with van der Waals surface area (Å²) in [5, 5.41) is 2.52. The number of hydrogen-bond donors (Lipinski definition) is 2. The predicted octanol–water partition coefficient (Wildman–Crippen LogP) is 2.44. The Morgan fingerprint density at radius 3 is 2.33 bits per heavy atom. The summed E-state index contributed by atoms with van der Waals surface area (Å²) in [6.07, 6.45) is 0.781. The third-order valence-electron chi connectivity index (χ3n) is 3.23. The third-order valence-corrected chi connectivity index (χ3v) is 4.68. The van der Waals surface area contributed by atoms with Crippen LogP contribution in [0.5, 0.6) is 0 Å². The Kier molecular flexibility index (Phi) is 5.63. The van der Waals surface area contributed by atoms with Crippen molar-refractivity contribution in [1.82, 2.24) is 4.72 Å². The smallest absolute Gasteiger partial charge is 0.246 e. The lowest BCUT2D eigenvalue weighted by Gasteiger charge is -2.10. The van der Waals surface area contributed by atoms with Crippen molar-refractivity contribution in [1.29, 1.82) is 0 Å². The molecule has 0 aromatic heterocycles. The molecular weight excluding hydrogens is 338 g/mol. The topological polar surface area (TPSA) is 75.3 Å². The minimum atomic E-state index is -4.48. The summed E-state index contributed by atoms with van der Waals surface area (Å²) >= 11 is 0. The Balaban J connectivity index is 2.05. The highest BCUT2D eigenvalue weighted by Crippen LogP contribution is 2.17. The number of rotatable bonds is 6. The van der Waals surface area contributed by atoms with Crippen molar-refractivity contribution in [3.05, 3.63) is 59.7 Å². The molecule has 0 saturated carbocycles. The van der Waals surface area contributed by atoms with Crippen molar-refractivity contribution < 1.29 is 22.0 Å². The van der Waals surface area contributed by atoms with Crippen LogP contribution in [0.4, 0.5) is 14.5 Å². The highest BCUT2D eigenvalue weighted by molar-refractivity contribution is 7.89. The molecule has 0 atom stereocenters. The van der Waals surface area contributed by atoms with Gasteiger partial charge in [0.1, 0.15) is 11.6 Å². The van der Waals surface area contributed by atoms with Crippen LogP contribution in [0.2, 0.25) is 0 Å². The molecule has 0 unspecified atom stereocenters. The molecule has 2 aromatic carbocycles. The molecule has 2 aromatic rings. The average Bonchev–Trinajstić information content (AvgIpc) is 2.53. The fourth-order valence-electron chi connectivity index (χ4n) is 2.05. The molecule has 1 amide bonds. The summed E-state index contributed by atoms with van der Waals surface area (Å²) in [5.41, 5.74) is 1.51. The van der Waals surface area contributed by atoms with Crippen molar-refractivity contribution in [2.24, 2.45) is 0 Å². The molecule has 0 heterocycles. The predicted molar refractivity (Wildman–Crippen MR) is 86.0 cm³/mol. The van der Waals surface area contributed by atoms with Gasteiger partial charge < -0.3 is 5.32 Å². The zero-order valence-corrected chi connectivity index (χ0v) is 13.7. The van der Waals surface area contributed by atoms with Gasteiger partial charge in [0.05, 0.1) is 6.54 Å². The lowest BCUT2D eigenvalue weighted by atomic mass is 10.1. The van der Waals surface area contributed by atoms with Crippen LogP contribution < -0.4 is 10.0 Å². The van der Waals surface area contributed by atoms with E-state index in [4.69, 9.17) is 0 Å². The third kappa shape index (κ3) is 4.36. The van der Waals surface area contributed by atoms with E-state index in [-0.39, 0.29) is 0 Å². The molecule has 0 fully saturated rings. The largest absolute Gasteiger partial charge is 0.325 e. The minimum absolute atomic E-state index is 0.510. The Hall–Kier alpha value is -2.32. The number of carbonyl (C=O) groups excluding carboxylic acids is 1. The van der Waals surface area contributed by atoms with E-state index in [1.807, 2.05) is 17.7 Å². The SMILES string of the molecule is CCc1cccc(NC(=O)CNS(=O)(=O)c2c(F)cccc2F)c1. The van der Waals surface area contributed by atoms with Gasteiger partial charge in [-0.05, 0) is 36.2 Å². The maximum Gasteiger partial charge on any atom is 0.246 e. The number of nitrogens with one attached hydrogen (secondary N) is 2. The van der Waals surface area contributed by atoms with Gasteiger partial charge >= 0.3 is 0 Å². The zero-order chi connectivity index (χ0) is 17.7. The molecule has 0 bridgehead atoms. The van der Waals surface area contributed by atoms with Crippen LogP contribution in [0.25, 0.3) is 0 Å². The maximum atomic E-state index is 13.5. The van der Waals surface area contributed by atoms with Gasteiger partial charge in [0, 0.05) is 5.69 Å². The summed E-state index contributed by atoms with van der Waals surface area (Å²) in [5.74, 6) is -3.10. The molecule has 5 nitrogen and oxygen atoms in total. The first-order valence-electron chi connectivity index (χ1n) is 7.16. The molecule has 8 heteroatoms. The Morgan fingerprint density at radius 1 is 1.08 bits per heavy atom. The van der Waals surface area contributed by atoms with E-state index in [2.05, 4.69) is 5.32 Å². The molecule has 0 radical (unpaired) electrons. The molecule has 2 rings (SSSR count). The van der Waals surface area contributed by atoms with Crippen molar-refractivity contribution in [2.75, 3.05) is 11.9 Å². The quantitative estimate of drug-likeness (QED) is 0.837. The first-order chi connectivity index (χ1) is 11.3. The van der Waals surface area contributed by atoms with E-state index >= 15 is 0 Å². The van der Waals surface area contributed by atoms with Crippen LogP contribution in [0.1, 0.15) is 12.5 Å². The van der Waals surface area contributed by atoms with E-state index < -0.39 is 39.0 Å². The maximum absolute atomic E-state index is 13.5. The summed E-state index contributed by atoms with van der Waals surface area (Å²) in [4.78, 5) is 10.7. The first-order valence-corrected chi connectivity index (χ1v) is 8.64. The van der Waals surface area contributed by atoms with Crippen molar-refractivity contribution in [2.45, 2.75) is 18.2 Å². The number of benzene rings is 2. The number of carbonyl (C=O) groups is 1. The fraction of sp³-hybridized carbons (Fsp3) is 0.188. The molecule has 0 aliphatic carbocycles. The first kappa shape index (κ1) is 18.0. The van der Waals surface area contributed by atoms with Gasteiger partial charge in [-0.25, -0.2) is 21.9 Å². The molecule has 24 heavy (non-hydrogen) atoms. The summed E-state index contributed by atoms with van der Waals surface area (Å²) in [6.45, 7) is 1.31. The number of anilines is 1. The van der Waals surface area contributed by atoms with Crippen LogP contribution in [-0.2, 0) is 21.2 Å². The molecule has 0 aliphatic rings. The molecule has 0 aliphatic heterocycles. The van der Waals surface area contributed by atoms with E-state index in [1.165, 1.54) is 0 Å². The Labute approximate surface area is 138 Å². The Morgan fingerprint density at radius 2 is 1.71 bits per heavy atom. The monoisotopic (exact) mass is 354 g/mol. The van der Waals surface area contributed by atoms with Gasteiger partial charge in [-0.15, -0.1) is 0 Å². The molecule has 2 N–H and O–H groups in total. The standard InChI is InChI=1S/C16H16F2N2O3S/c1-2-11-5-3-6-12(9-11)20-15(21)10-19-24(22,23)16-13(17)7-4-8-14(16)18/h3-9,19H,2,10H2,1H3,(H,20,21). The van der Waals surface area contributed by atoms with E-state index in [9.17, 15) is 22.0 Å². The van der Waals surface area contributed by atoms with E-state index in [1.54, 1.807) is 18.2 Å². The highest BCUT2D eigenvalue weighted by Gasteiger charge is 2.24. The number of amides is 1. The van der Waals surface area contributed by atoms with Crippen LogP contribution in [0, 0.1) is 11.6 Å². The summed E-state index contributed by atoms with van der Waals surface area (Å²) in [7, 11) is -4.48. The summed E-state index contributed by atoms with van der Waals surface area (Å²) < 4.78 is 52.9. The number of hydrogen-bond acceptors (Lipinski definition) is 3. The molecule has 0 spiro atoms. The Bertz CT molecular complexity index is 834. The van der Waals surface area contributed by atoms with Gasteiger partial charge in [0.15, 0.2) is 4.90 Å². The van der Waals surface area contributed by atoms with Gasteiger partial charge in [-0.3, -0.25) is 4.79 Å². The lowest BCUT2D eigenvalue weighted by Crippen LogP contribution is -2.33. The van der Waals surface area contributed by atoms with Gasteiger partial charge in [0.2, 0.25) is 15.9 Å². The fourth-order valence-corrected chi connectivity index (χ4v) is 3.16. The molecular formula is C16H16F2N2O3S. The van der Waals surface area contributed by atoms with Crippen LogP contribution in [0.3, 0.4) is 0 Å². The van der Waals surface area contributed by atoms with Crippen molar-refractivity contribution >= 4 is 21.6 Å². The summed E-state index contributed by atoms with van der Waals surface area (Å²) in [6, 6.07) is 9.76. The van der Waals surface area contributed by atoms with E-state index in [0.717, 1.165) is 30.2 Å². The highest BCUT2D eigenvalue weighted by atomic mass is 32.2. The molecule has 0 saturated heterocycles. The van der Waals surface area contributed by atoms with Gasteiger partial charge in [0.25, 0.3) is 0 Å². The lowest BCUT2D eigenvalue weighted by molar-refractivity contribution is -0.115. The zero-order valence-electron chi connectivity index (χ0n) is 12.8.